The predicted molar refractivity (Wildman–Crippen MR) is 329 cm³/mol. The maximum absolute atomic E-state index is 13.1. The summed E-state index contributed by atoms with van der Waals surface area (Å²) in [7, 11) is 0. The Morgan fingerprint density at radius 1 is 0.489 bits per heavy atom. The van der Waals surface area contributed by atoms with Crippen LogP contribution >= 0.6 is 12.2 Å². The summed E-state index contributed by atoms with van der Waals surface area (Å²) in [5, 5.41) is 40.2. The van der Waals surface area contributed by atoms with Crippen molar-refractivity contribution in [1.82, 2.24) is 37.2 Å². The highest BCUT2D eigenvalue weighted by Crippen LogP contribution is 2.15. The first-order chi connectivity index (χ1) is 42.8. The molecule has 0 saturated carbocycles. The number of urea groups is 2. The Morgan fingerprint density at radius 2 is 0.909 bits per heavy atom. The molecule has 0 spiro atoms. The number of nitrogens with one attached hydrogen (secondary N) is 8. The van der Waals surface area contributed by atoms with Gasteiger partial charge in [0.15, 0.2) is 0 Å². The summed E-state index contributed by atoms with van der Waals surface area (Å²) < 4.78 is 60.7. The second-order valence-electron chi connectivity index (χ2n) is 19.2. The first-order valence-electron chi connectivity index (χ1n) is 30.0. The van der Waals surface area contributed by atoms with Crippen molar-refractivity contribution in [3.63, 3.8) is 0 Å². The third-order valence-corrected chi connectivity index (χ3v) is 12.2. The molecule has 0 aliphatic heterocycles. The largest absolute Gasteiger partial charge is 0.480 e. The van der Waals surface area contributed by atoms with Crippen molar-refractivity contribution >= 4 is 70.8 Å². The Labute approximate surface area is 522 Å². The molecule has 14 N–H and O–H groups in total. The number of thiocarbonyl (C=S) groups is 1. The van der Waals surface area contributed by atoms with Crippen LogP contribution in [0.1, 0.15) is 83.1 Å². The Morgan fingerprint density at radius 3 is 1.38 bits per heavy atom. The second-order valence-corrected chi connectivity index (χ2v) is 19.5. The molecule has 504 valence electrons. The fourth-order valence-electron chi connectivity index (χ4n) is 7.44. The first kappa shape index (κ1) is 79.9. The Balaban J connectivity index is 2.05. The average Bonchev–Trinajstić information content (AvgIpc) is 3.65. The number of primary amides is 1. The number of benzene rings is 1. The van der Waals surface area contributed by atoms with Crippen LogP contribution in [0.25, 0.3) is 5.70 Å². The molecule has 0 aromatic heterocycles. The summed E-state index contributed by atoms with van der Waals surface area (Å²) in [4.78, 5) is 83.5. The van der Waals surface area contributed by atoms with E-state index in [1.807, 2.05) is 6.92 Å². The highest BCUT2D eigenvalue weighted by atomic mass is 32.1. The maximum Gasteiger partial charge on any atom is 0.326 e. The van der Waals surface area contributed by atoms with E-state index in [-0.39, 0.29) is 70.0 Å². The van der Waals surface area contributed by atoms with Gasteiger partial charge >= 0.3 is 24.0 Å². The molecule has 30 nitrogen and oxygen atoms in total. The quantitative estimate of drug-likeness (QED) is 0.0319. The van der Waals surface area contributed by atoms with E-state index in [0.717, 1.165) is 19.3 Å². The molecule has 0 heterocycles. The molecule has 3 atom stereocenters. The van der Waals surface area contributed by atoms with Crippen molar-refractivity contribution in [1.29, 1.82) is 0 Å². The second kappa shape index (κ2) is 57.3. The van der Waals surface area contributed by atoms with Gasteiger partial charge in [0.05, 0.1) is 157 Å². The lowest BCUT2D eigenvalue weighted by Gasteiger charge is -2.19. The van der Waals surface area contributed by atoms with Crippen molar-refractivity contribution in [2.75, 3.05) is 177 Å². The van der Waals surface area contributed by atoms with Crippen LogP contribution in [0.3, 0.4) is 0 Å². The number of amides is 7. The van der Waals surface area contributed by atoms with Gasteiger partial charge in [0.1, 0.15) is 18.1 Å². The molecule has 1 aromatic carbocycles. The van der Waals surface area contributed by atoms with Crippen molar-refractivity contribution in [3.05, 3.63) is 36.0 Å². The van der Waals surface area contributed by atoms with Crippen LogP contribution in [0.15, 0.2) is 30.5 Å². The van der Waals surface area contributed by atoms with Crippen LogP contribution < -0.4 is 54.0 Å². The van der Waals surface area contributed by atoms with E-state index in [2.05, 4.69) is 42.5 Å². The van der Waals surface area contributed by atoms with Crippen molar-refractivity contribution in [2.24, 2.45) is 11.5 Å². The normalized spacial score (nSPS) is 12.3. The van der Waals surface area contributed by atoms with Crippen LogP contribution in [-0.4, -0.2) is 247 Å². The van der Waals surface area contributed by atoms with Crippen molar-refractivity contribution < 1.29 is 95.9 Å². The van der Waals surface area contributed by atoms with E-state index >= 15 is 0 Å². The molecule has 0 aliphatic carbocycles. The number of carboxylic acids is 2. The van der Waals surface area contributed by atoms with E-state index in [1.54, 1.807) is 30.5 Å². The van der Waals surface area contributed by atoms with Gasteiger partial charge in [0.25, 0.3) is 0 Å². The topological polar surface area (TPSA) is 410 Å². The minimum absolute atomic E-state index is 0.0658. The lowest BCUT2D eigenvalue weighted by molar-refractivity contribution is -0.142. The summed E-state index contributed by atoms with van der Waals surface area (Å²) in [6.45, 7) is 11.3. The molecule has 0 unspecified atom stereocenters. The van der Waals surface area contributed by atoms with Crippen LogP contribution in [0.5, 0.6) is 0 Å². The molecule has 7 amide bonds. The molecule has 0 saturated heterocycles. The number of hydrogen-bond donors (Lipinski definition) is 12. The molecule has 0 bridgehead atoms. The monoisotopic (exact) mass is 1280 g/mol. The van der Waals surface area contributed by atoms with Gasteiger partial charge in [0, 0.05) is 56.5 Å². The molecule has 0 fully saturated rings. The van der Waals surface area contributed by atoms with Gasteiger partial charge < -0.3 is 116 Å². The van der Waals surface area contributed by atoms with Crippen LogP contribution in [-0.2, 0) is 76.1 Å². The fourth-order valence-corrected chi connectivity index (χ4v) is 7.56. The molecule has 1 rings (SSSR count). The molecule has 1 aromatic rings. The van der Waals surface area contributed by atoms with Crippen LogP contribution in [0.4, 0.5) is 15.3 Å². The molecule has 0 aliphatic rings. The number of aliphatic carboxylic acids is 2. The lowest BCUT2D eigenvalue weighted by Crippen LogP contribution is -2.47. The van der Waals surface area contributed by atoms with E-state index < -0.39 is 42.1 Å². The third-order valence-electron chi connectivity index (χ3n) is 12.0. The number of rotatable bonds is 62. The van der Waals surface area contributed by atoms with Crippen LogP contribution in [0, 0.1) is 0 Å². The number of unbranched alkanes of at least 4 members (excludes halogenated alkanes) is 3. The minimum Gasteiger partial charge on any atom is -0.480 e. The average molecular weight is 1280 g/mol. The zero-order chi connectivity index (χ0) is 64.3. The van der Waals surface area contributed by atoms with Gasteiger partial charge in [-0.3, -0.25) is 14.4 Å². The van der Waals surface area contributed by atoms with Gasteiger partial charge in [-0.05, 0) is 57.1 Å². The van der Waals surface area contributed by atoms with Gasteiger partial charge in [-0.25, -0.2) is 19.2 Å². The van der Waals surface area contributed by atoms with Gasteiger partial charge in [-0.2, -0.15) is 0 Å². The predicted octanol–water partition coefficient (Wildman–Crippen LogP) is 0.987. The van der Waals surface area contributed by atoms with Gasteiger partial charge in [-0.1, -0.05) is 44.1 Å². The highest BCUT2D eigenvalue weighted by Gasteiger charge is 2.22. The summed E-state index contributed by atoms with van der Waals surface area (Å²) in [6, 6.07) is 2.93. The molecule has 88 heavy (non-hydrogen) atoms. The SMILES string of the molecule is CCCC[C@H](NC(=O)CCOCCOCCOCCOCCOCCOCCOCCOCCNC(=O)[C@H](CCCCNC=S)NC(=O)CCOCCOCCOCCN/C=C(\N)c1cccc(NC(=O)NCCCC[C@H](NC(N)=O)C(=O)O)c1)C(=O)O. The Kier molecular flexibility index (Phi) is 52.1. The molecular formula is C57H100N10O20S. The van der Waals surface area contributed by atoms with E-state index in [9.17, 15) is 38.7 Å². The minimum atomic E-state index is -1.18. The molecular weight excluding hydrogens is 1180 g/mol. The van der Waals surface area contributed by atoms with E-state index in [0.29, 0.717) is 188 Å². The standard InChI is InChI=1S/C57H100N10O20S/c1-2-3-11-49(54(71)72)66-52(69)15-21-78-25-29-82-32-34-84-36-38-86-40-41-87-39-37-85-35-33-83-31-27-80-23-19-62-53(70)48(12-4-6-16-61-44-88)65-51(68)14-20-77-24-28-81-30-26-79-22-18-60-43-47(58)45-9-8-10-46(42-45)64-57(76)63-17-7-5-13-50(55(73)74)67-56(59)75/h8-10,42-44,48-50,60H,2-7,11-41,58H2,1H3,(H,61,88)(H,62,70)(H,65,68)(H,66,69)(H,71,72)(H,73,74)(H3,59,67,75)(H2,63,64,76)/b47-43-/t48-,49-,50-/m0/s1. The summed E-state index contributed by atoms with van der Waals surface area (Å²) in [5.41, 5.74) is 14.3. The fraction of sp³-hybridized carbons (Fsp3) is 0.719. The zero-order valence-corrected chi connectivity index (χ0v) is 52.0. The highest BCUT2D eigenvalue weighted by molar-refractivity contribution is 7.78. The van der Waals surface area contributed by atoms with E-state index in [1.165, 1.54) is 5.49 Å². The summed E-state index contributed by atoms with van der Waals surface area (Å²) in [5.74, 6) is -3.19. The molecule has 31 heteroatoms. The van der Waals surface area contributed by atoms with Crippen molar-refractivity contribution in [2.45, 2.75) is 95.7 Å². The summed E-state index contributed by atoms with van der Waals surface area (Å²) in [6.07, 6.45) is 6.77. The van der Waals surface area contributed by atoms with Crippen LogP contribution in [0.2, 0.25) is 0 Å². The Hall–Kier alpha value is -6.10. The summed E-state index contributed by atoms with van der Waals surface area (Å²) >= 11 is 4.81. The van der Waals surface area contributed by atoms with E-state index in [4.69, 9.17) is 80.9 Å². The number of carbonyl (C=O) groups excluding carboxylic acids is 5. The number of carboxylic acid groups (broad SMARTS) is 2. The number of ether oxygens (including phenoxy) is 11. The first-order valence-corrected chi connectivity index (χ1v) is 30.5. The lowest BCUT2D eigenvalue weighted by atomic mass is 10.1. The number of nitrogens with two attached hydrogens (primary N) is 2. The maximum atomic E-state index is 13.1. The third kappa shape index (κ3) is 48.9. The Bertz CT molecular complexity index is 2060. The van der Waals surface area contributed by atoms with Crippen molar-refractivity contribution in [3.8, 4) is 0 Å². The smallest absolute Gasteiger partial charge is 0.326 e. The number of anilines is 1. The van der Waals surface area contributed by atoms with Gasteiger partial charge in [-0.15, -0.1) is 0 Å². The van der Waals surface area contributed by atoms with Gasteiger partial charge in [0.2, 0.25) is 17.7 Å². The number of carbonyl (C=O) groups is 7. The number of hydrogen-bond acceptors (Lipinski definition) is 21. The molecule has 0 radical (unpaired) electrons. The zero-order valence-electron chi connectivity index (χ0n) is 51.2.